The Hall–Kier alpha value is -2.06. The van der Waals surface area contributed by atoms with E-state index in [2.05, 4.69) is 15.9 Å². The Morgan fingerprint density at radius 3 is 2.56 bits per heavy atom. The summed E-state index contributed by atoms with van der Waals surface area (Å²) in [5.41, 5.74) is 6.33. The van der Waals surface area contributed by atoms with Gasteiger partial charge in [0.05, 0.1) is 11.3 Å². The van der Waals surface area contributed by atoms with Gasteiger partial charge in [-0.25, -0.2) is 4.39 Å². The second-order valence-corrected chi connectivity index (χ2v) is 4.45. The van der Waals surface area contributed by atoms with Crippen molar-refractivity contribution < 1.29 is 9.13 Å². The summed E-state index contributed by atoms with van der Waals surface area (Å²) in [7, 11) is 0. The molecule has 0 aliphatic heterocycles. The zero-order valence-corrected chi connectivity index (χ0v) is 10.7. The Labute approximate surface area is 112 Å². The number of nitrogen functional groups attached to an aromatic ring is 1. The molecule has 2 aromatic carbocycles. The molecular weight excluding hydrogens is 299 g/mol. The molecule has 2 rings (SSSR count). The normalized spacial score (nSPS) is 9.83. The van der Waals surface area contributed by atoms with Crippen LogP contribution in [-0.4, -0.2) is 0 Å². The number of hydrogen-bond acceptors (Lipinski definition) is 3. The van der Waals surface area contributed by atoms with Crippen LogP contribution >= 0.6 is 15.9 Å². The smallest absolute Gasteiger partial charge is 0.150 e. The lowest BCUT2D eigenvalue weighted by molar-refractivity contribution is 0.481. The maximum atomic E-state index is 13.0. The van der Waals surface area contributed by atoms with Crippen molar-refractivity contribution in [2.45, 2.75) is 0 Å². The molecule has 0 bridgehead atoms. The number of hydrogen-bond donors (Lipinski definition) is 1. The van der Waals surface area contributed by atoms with Crippen molar-refractivity contribution in [3.05, 3.63) is 52.3 Å². The highest BCUT2D eigenvalue weighted by Gasteiger charge is 2.08. The minimum absolute atomic E-state index is 0.123. The van der Waals surface area contributed by atoms with Crippen LogP contribution in [-0.2, 0) is 0 Å². The molecule has 0 unspecified atom stereocenters. The van der Waals surface area contributed by atoms with Crippen molar-refractivity contribution in [1.82, 2.24) is 0 Å². The number of nitrogens with zero attached hydrogens (tertiary/aromatic N) is 1. The van der Waals surface area contributed by atoms with Gasteiger partial charge in [-0.1, -0.05) is 15.9 Å². The molecule has 0 aliphatic carbocycles. The molecule has 18 heavy (non-hydrogen) atoms. The average molecular weight is 307 g/mol. The third-order valence-electron chi connectivity index (χ3n) is 2.25. The van der Waals surface area contributed by atoms with Crippen molar-refractivity contribution in [2.24, 2.45) is 0 Å². The van der Waals surface area contributed by atoms with Gasteiger partial charge in [0.1, 0.15) is 23.4 Å². The number of nitrogens with two attached hydrogens (primary N) is 1. The third kappa shape index (κ3) is 2.60. The van der Waals surface area contributed by atoms with E-state index in [1.807, 2.05) is 6.07 Å². The molecule has 3 nitrogen and oxygen atoms in total. The van der Waals surface area contributed by atoms with Crippen LogP contribution < -0.4 is 10.5 Å². The monoisotopic (exact) mass is 306 g/mol. The molecule has 0 amide bonds. The Morgan fingerprint density at radius 1 is 1.17 bits per heavy atom. The van der Waals surface area contributed by atoms with Crippen LogP contribution in [0.15, 0.2) is 40.9 Å². The van der Waals surface area contributed by atoms with Gasteiger partial charge in [-0.05, 0) is 36.4 Å². The largest absolute Gasteiger partial charge is 0.454 e. The number of nitriles is 1. The van der Waals surface area contributed by atoms with E-state index in [1.54, 1.807) is 18.2 Å². The third-order valence-corrected chi connectivity index (χ3v) is 2.75. The van der Waals surface area contributed by atoms with Crippen LogP contribution in [0.5, 0.6) is 11.5 Å². The van der Waals surface area contributed by atoms with E-state index in [0.29, 0.717) is 11.4 Å². The first-order valence-electron chi connectivity index (χ1n) is 5.02. The first-order valence-corrected chi connectivity index (χ1v) is 5.82. The predicted octanol–water partition coefficient (Wildman–Crippen LogP) is 3.83. The van der Waals surface area contributed by atoms with Gasteiger partial charge in [0.25, 0.3) is 0 Å². The average Bonchev–Trinajstić information content (AvgIpc) is 2.34. The van der Waals surface area contributed by atoms with Crippen LogP contribution in [0.2, 0.25) is 0 Å². The molecule has 0 saturated heterocycles. The van der Waals surface area contributed by atoms with Crippen LogP contribution in [0.4, 0.5) is 10.1 Å². The highest BCUT2D eigenvalue weighted by atomic mass is 79.9. The summed E-state index contributed by atoms with van der Waals surface area (Å²) in [6.45, 7) is 0. The van der Waals surface area contributed by atoms with E-state index in [-0.39, 0.29) is 11.3 Å². The molecule has 90 valence electrons. The molecule has 0 aliphatic rings. The fraction of sp³-hybridized carbons (Fsp3) is 0. The van der Waals surface area contributed by atoms with Crippen LogP contribution in [0.3, 0.4) is 0 Å². The summed E-state index contributed by atoms with van der Waals surface area (Å²) >= 11 is 3.28. The molecule has 0 radical (unpaired) electrons. The zero-order chi connectivity index (χ0) is 13.1. The molecule has 2 aromatic rings. The Kier molecular flexibility index (Phi) is 3.49. The maximum Gasteiger partial charge on any atom is 0.150 e. The number of anilines is 1. The number of ether oxygens (including phenoxy) is 1. The summed E-state index contributed by atoms with van der Waals surface area (Å²) < 4.78 is 19.3. The molecule has 0 atom stereocenters. The number of benzene rings is 2. The summed E-state index contributed by atoms with van der Waals surface area (Å²) in [6.07, 6.45) is 0. The highest BCUT2D eigenvalue weighted by molar-refractivity contribution is 9.10. The summed E-state index contributed by atoms with van der Waals surface area (Å²) in [6, 6.07) is 10.7. The first-order chi connectivity index (χ1) is 8.60. The Balaban J connectivity index is 2.37. The van der Waals surface area contributed by atoms with E-state index in [0.717, 1.165) is 10.5 Å². The molecule has 2 N–H and O–H groups in total. The molecule has 0 saturated carbocycles. The van der Waals surface area contributed by atoms with Crippen LogP contribution in [0.25, 0.3) is 0 Å². The van der Waals surface area contributed by atoms with Gasteiger partial charge in [-0.15, -0.1) is 0 Å². The molecule has 0 spiro atoms. The molecular formula is C13H8BrFN2O. The topological polar surface area (TPSA) is 59.0 Å². The van der Waals surface area contributed by atoms with E-state index >= 15 is 0 Å². The second-order valence-electron chi connectivity index (χ2n) is 3.54. The van der Waals surface area contributed by atoms with E-state index < -0.39 is 5.82 Å². The van der Waals surface area contributed by atoms with Gasteiger partial charge in [0.2, 0.25) is 0 Å². The van der Waals surface area contributed by atoms with Gasteiger partial charge >= 0.3 is 0 Å². The van der Waals surface area contributed by atoms with Crippen molar-refractivity contribution in [2.75, 3.05) is 5.73 Å². The Morgan fingerprint density at radius 2 is 1.89 bits per heavy atom. The molecule has 0 heterocycles. The lowest BCUT2D eigenvalue weighted by Crippen LogP contribution is -1.94. The standard InChI is InChI=1S/C13H8BrFN2O/c14-9-1-3-13(11(17)6-9)18-12-4-2-10(15)5-8(12)7-16/h1-6H,17H2. The second kappa shape index (κ2) is 5.07. The molecule has 0 aromatic heterocycles. The van der Waals surface area contributed by atoms with Gasteiger partial charge in [-0.3, -0.25) is 0 Å². The van der Waals surface area contributed by atoms with E-state index in [4.69, 9.17) is 15.7 Å². The van der Waals surface area contributed by atoms with Gasteiger partial charge in [-0.2, -0.15) is 5.26 Å². The van der Waals surface area contributed by atoms with E-state index in [9.17, 15) is 4.39 Å². The van der Waals surface area contributed by atoms with E-state index in [1.165, 1.54) is 12.1 Å². The van der Waals surface area contributed by atoms with Crippen molar-refractivity contribution >= 4 is 21.6 Å². The first kappa shape index (κ1) is 12.4. The van der Waals surface area contributed by atoms with Crippen LogP contribution in [0.1, 0.15) is 5.56 Å². The molecule has 0 fully saturated rings. The van der Waals surface area contributed by atoms with Gasteiger partial charge < -0.3 is 10.5 Å². The minimum atomic E-state index is -0.484. The van der Waals surface area contributed by atoms with Gasteiger partial charge in [0.15, 0.2) is 0 Å². The quantitative estimate of drug-likeness (QED) is 0.858. The number of rotatable bonds is 2. The van der Waals surface area contributed by atoms with Crippen molar-refractivity contribution in [3.8, 4) is 17.6 Å². The van der Waals surface area contributed by atoms with Crippen molar-refractivity contribution in [1.29, 1.82) is 5.26 Å². The summed E-state index contributed by atoms with van der Waals surface area (Å²) in [5.74, 6) is 0.205. The summed E-state index contributed by atoms with van der Waals surface area (Å²) in [5, 5.41) is 8.90. The lowest BCUT2D eigenvalue weighted by Gasteiger charge is -2.09. The Bertz CT molecular complexity index is 637. The molecule has 5 heteroatoms. The van der Waals surface area contributed by atoms with Crippen LogP contribution in [0, 0.1) is 17.1 Å². The highest BCUT2D eigenvalue weighted by Crippen LogP contribution is 2.31. The zero-order valence-electron chi connectivity index (χ0n) is 9.15. The number of halogens is 2. The fourth-order valence-electron chi connectivity index (χ4n) is 1.41. The SMILES string of the molecule is N#Cc1cc(F)ccc1Oc1ccc(Br)cc1N. The maximum absolute atomic E-state index is 13.0. The summed E-state index contributed by atoms with van der Waals surface area (Å²) in [4.78, 5) is 0. The fourth-order valence-corrected chi connectivity index (χ4v) is 1.79. The van der Waals surface area contributed by atoms with Crippen molar-refractivity contribution in [3.63, 3.8) is 0 Å². The predicted molar refractivity (Wildman–Crippen MR) is 69.7 cm³/mol. The van der Waals surface area contributed by atoms with Gasteiger partial charge in [0, 0.05) is 4.47 Å². The minimum Gasteiger partial charge on any atom is -0.454 e. The lowest BCUT2D eigenvalue weighted by atomic mass is 10.2.